The molecule has 0 radical (unpaired) electrons. The number of amides is 1. The number of hydrogen-bond donors (Lipinski definition) is 4. The average molecular weight is 536 g/mol. The fraction of sp³-hybridized carbons (Fsp3) is 0.323. The number of carbonyl (C=O) groups is 3. The van der Waals surface area contributed by atoms with Crippen LogP contribution in [0.15, 0.2) is 66.7 Å². The molecular weight excluding hydrogens is 498 g/mol. The van der Waals surface area contributed by atoms with Crippen LogP contribution in [0.3, 0.4) is 0 Å². The number of rotatable bonds is 8. The highest BCUT2D eigenvalue weighted by Gasteiger charge is 2.27. The monoisotopic (exact) mass is 535 g/mol. The van der Waals surface area contributed by atoms with Crippen LogP contribution in [0.5, 0.6) is 11.5 Å². The summed E-state index contributed by atoms with van der Waals surface area (Å²) in [6, 6.07) is 18.5. The zero-order valence-corrected chi connectivity index (χ0v) is 23.2. The van der Waals surface area contributed by atoms with Crippen molar-refractivity contribution in [3.05, 3.63) is 89.0 Å². The summed E-state index contributed by atoms with van der Waals surface area (Å²) < 4.78 is 5.56. The molecule has 0 unspecified atom stereocenters. The number of benzene rings is 3. The number of nitrogens with one attached hydrogen (secondary N) is 1. The fourth-order valence-electron chi connectivity index (χ4n) is 4.42. The van der Waals surface area contributed by atoms with E-state index in [1.807, 2.05) is 24.3 Å². The minimum atomic E-state index is -1.13. The molecule has 0 spiro atoms. The van der Waals surface area contributed by atoms with Crippen molar-refractivity contribution in [2.75, 3.05) is 11.9 Å². The van der Waals surface area contributed by atoms with E-state index in [9.17, 15) is 24.6 Å². The van der Waals surface area contributed by atoms with Gasteiger partial charge in [-0.3, -0.25) is 4.79 Å². The highest BCUT2D eigenvalue weighted by molar-refractivity contribution is 5.98. The molecule has 0 saturated carbocycles. The van der Waals surface area contributed by atoms with E-state index < -0.39 is 17.8 Å². The number of phenols is 1. The van der Waals surface area contributed by atoms with Gasteiger partial charge in [-0.2, -0.15) is 0 Å². The second-order valence-electron chi connectivity index (χ2n) is 11.1. The molecule has 8 heteroatoms. The van der Waals surface area contributed by atoms with Gasteiger partial charge in [-0.25, -0.2) is 9.59 Å². The maximum absolute atomic E-state index is 12.3. The van der Waals surface area contributed by atoms with Gasteiger partial charge in [-0.1, -0.05) is 65.0 Å². The van der Waals surface area contributed by atoms with Crippen molar-refractivity contribution < 1.29 is 34.4 Å². The topological polar surface area (TPSA) is 133 Å². The first kappa shape index (κ1) is 30.9. The van der Waals surface area contributed by atoms with Crippen LogP contribution in [0, 0.1) is 12.3 Å². The third kappa shape index (κ3) is 9.48. The third-order valence-corrected chi connectivity index (χ3v) is 5.94. The van der Waals surface area contributed by atoms with Gasteiger partial charge in [0, 0.05) is 0 Å². The number of aromatic carboxylic acids is 2. The van der Waals surface area contributed by atoms with Gasteiger partial charge < -0.3 is 25.4 Å². The Morgan fingerprint density at radius 2 is 1.41 bits per heavy atom. The predicted octanol–water partition coefficient (Wildman–Crippen LogP) is 6.51. The molecule has 0 aliphatic heterocycles. The first-order valence-corrected chi connectivity index (χ1v) is 12.5. The lowest BCUT2D eigenvalue weighted by molar-refractivity contribution is -0.118. The lowest BCUT2D eigenvalue weighted by Crippen LogP contribution is -2.24. The molecule has 8 nitrogen and oxygen atoms in total. The van der Waals surface area contributed by atoms with Gasteiger partial charge in [0.2, 0.25) is 0 Å². The molecule has 4 N–H and O–H groups in total. The molecule has 3 rings (SSSR count). The third-order valence-electron chi connectivity index (χ3n) is 5.94. The van der Waals surface area contributed by atoms with Crippen LogP contribution < -0.4 is 10.1 Å². The van der Waals surface area contributed by atoms with Gasteiger partial charge in [0.25, 0.3) is 5.91 Å². The van der Waals surface area contributed by atoms with Crippen molar-refractivity contribution in [1.29, 1.82) is 0 Å². The molecule has 3 aromatic carbocycles. The van der Waals surface area contributed by atoms with Crippen LogP contribution in [-0.2, 0) is 10.2 Å². The minimum Gasteiger partial charge on any atom is -0.506 e. The molecule has 0 fully saturated rings. The lowest BCUT2D eigenvalue weighted by atomic mass is 9.72. The molecule has 1 amide bonds. The van der Waals surface area contributed by atoms with Crippen LogP contribution in [-0.4, -0.2) is 39.8 Å². The predicted molar refractivity (Wildman–Crippen MR) is 151 cm³/mol. The molecule has 0 aromatic heterocycles. The minimum absolute atomic E-state index is 0.0116. The number of phenolic OH excluding ortho intramolecular Hbond substituents is 1. The van der Waals surface area contributed by atoms with Crippen LogP contribution in [0.1, 0.15) is 72.9 Å². The Morgan fingerprint density at radius 3 is 1.90 bits per heavy atom. The summed E-state index contributed by atoms with van der Waals surface area (Å²) >= 11 is 0. The number of carboxylic acids is 2. The van der Waals surface area contributed by atoms with Crippen molar-refractivity contribution >= 4 is 23.5 Å². The summed E-state index contributed by atoms with van der Waals surface area (Å²) in [5, 5.41) is 30.1. The maximum Gasteiger partial charge on any atom is 0.336 e. The van der Waals surface area contributed by atoms with Gasteiger partial charge in [-0.15, -0.1) is 0 Å². The van der Waals surface area contributed by atoms with E-state index in [-0.39, 0.29) is 40.0 Å². The fourth-order valence-corrected chi connectivity index (χ4v) is 4.42. The maximum atomic E-state index is 12.3. The smallest absolute Gasteiger partial charge is 0.336 e. The normalized spacial score (nSPS) is 11.1. The number of hydrogen-bond acceptors (Lipinski definition) is 5. The Labute approximate surface area is 229 Å². The van der Waals surface area contributed by atoms with Crippen LogP contribution in [0.2, 0.25) is 0 Å². The molecule has 3 aromatic rings. The first-order valence-electron chi connectivity index (χ1n) is 12.5. The lowest BCUT2D eigenvalue weighted by Gasteiger charge is -2.33. The summed E-state index contributed by atoms with van der Waals surface area (Å²) in [6.07, 6.45) is 1.03. The van der Waals surface area contributed by atoms with Crippen LogP contribution in [0.4, 0.5) is 5.69 Å². The van der Waals surface area contributed by atoms with Crippen molar-refractivity contribution in [2.45, 2.75) is 53.4 Å². The highest BCUT2D eigenvalue weighted by Crippen LogP contribution is 2.36. The Kier molecular flexibility index (Phi) is 10.3. The molecule has 208 valence electrons. The standard InChI is InChI=1S/C24H31NO5.C7H6O2/c1-15-18(22(28)29)11-12-19(26)21(15)25-20(27)13-30-17-9-7-16(8-10-17)24(5,6)14-23(2,3)4;8-7(9)6-4-2-1-3-5-6/h7-12,26H,13-14H2,1-6H3,(H,25,27)(H,28,29);1-5H,(H,8,9). The number of ether oxygens (including phenoxy) is 1. The van der Waals surface area contributed by atoms with Crippen molar-refractivity contribution in [3.63, 3.8) is 0 Å². The summed E-state index contributed by atoms with van der Waals surface area (Å²) in [5.41, 5.74) is 2.11. The SMILES string of the molecule is Cc1c(C(=O)O)ccc(O)c1NC(=O)COc1ccc(C(C)(C)CC(C)(C)C)cc1.O=C(O)c1ccccc1. The van der Waals surface area contributed by atoms with E-state index in [1.54, 1.807) is 30.3 Å². The summed E-state index contributed by atoms with van der Waals surface area (Å²) in [7, 11) is 0. The van der Waals surface area contributed by atoms with E-state index in [4.69, 9.17) is 9.84 Å². The van der Waals surface area contributed by atoms with E-state index >= 15 is 0 Å². The second-order valence-corrected chi connectivity index (χ2v) is 11.1. The Balaban J connectivity index is 0.000000499. The average Bonchev–Trinajstić information content (AvgIpc) is 2.85. The van der Waals surface area contributed by atoms with Gasteiger partial charge in [0.15, 0.2) is 6.61 Å². The zero-order chi connectivity index (χ0) is 29.4. The number of carboxylic acid groups (broad SMARTS) is 2. The molecule has 0 bridgehead atoms. The Morgan fingerprint density at radius 1 is 0.821 bits per heavy atom. The van der Waals surface area contributed by atoms with E-state index in [1.165, 1.54) is 24.6 Å². The van der Waals surface area contributed by atoms with Gasteiger partial charge in [0.1, 0.15) is 11.5 Å². The summed E-state index contributed by atoms with van der Waals surface area (Å²) in [4.78, 5) is 33.7. The Bertz CT molecular complexity index is 1290. The van der Waals surface area contributed by atoms with Crippen molar-refractivity contribution in [1.82, 2.24) is 0 Å². The van der Waals surface area contributed by atoms with Gasteiger partial charge in [-0.05, 0) is 71.7 Å². The van der Waals surface area contributed by atoms with Gasteiger partial charge in [0.05, 0.1) is 16.8 Å². The van der Waals surface area contributed by atoms with E-state index in [0.717, 1.165) is 6.42 Å². The molecule has 0 atom stereocenters. The Hall–Kier alpha value is -4.33. The van der Waals surface area contributed by atoms with E-state index in [0.29, 0.717) is 11.3 Å². The molecule has 0 aliphatic rings. The number of anilines is 1. The van der Waals surface area contributed by atoms with Crippen LogP contribution in [0.25, 0.3) is 0 Å². The van der Waals surface area contributed by atoms with Crippen LogP contribution >= 0.6 is 0 Å². The molecule has 39 heavy (non-hydrogen) atoms. The zero-order valence-electron chi connectivity index (χ0n) is 23.2. The van der Waals surface area contributed by atoms with Gasteiger partial charge >= 0.3 is 11.9 Å². The quantitative estimate of drug-likeness (QED) is 0.241. The number of carbonyl (C=O) groups excluding carboxylic acids is 1. The number of aromatic hydroxyl groups is 1. The highest BCUT2D eigenvalue weighted by atomic mass is 16.5. The molecule has 0 heterocycles. The van der Waals surface area contributed by atoms with E-state index in [2.05, 4.69) is 39.9 Å². The largest absolute Gasteiger partial charge is 0.506 e. The summed E-state index contributed by atoms with van der Waals surface area (Å²) in [6.45, 7) is 12.3. The van der Waals surface area contributed by atoms with Crippen molar-refractivity contribution in [2.24, 2.45) is 5.41 Å². The second kappa shape index (κ2) is 13.0. The molecular formula is C31H37NO7. The van der Waals surface area contributed by atoms with Crippen molar-refractivity contribution in [3.8, 4) is 11.5 Å². The first-order chi connectivity index (χ1) is 18.1. The molecule has 0 aliphatic carbocycles. The molecule has 0 saturated heterocycles. The summed E-state index contributed by atoms with van der Waals surface area (Å²) in [5.74, 6) is -2.14.